The van der Waals surface area contributed by atoms with Gasteiger partial charge in [-0.2, -0.15) is 0 Å². The highest BCUT2D eigenvalue weighted by Crippen LogP contribution is 2.54. The zero-order chi connectivity index (χ0) is 24.5. The molecule has 4 rings (SSSR count). The second-order valence-electron chi connectivity index (χ2n) is 10.7. The number of nitrogens with zero attached hydrogens (tertiary/aromatic N) is 1. The lowest BCUT2D eigenvalue weighted by Gasteiger charge is -2.53. The zero-order valence-electron chi connectivity index (χ0n) is 19.6. The van der Waals surface area contributed by atoms with E-state index in [1.807, 2.05) is 33.9 Å². The van der Waals surface area contributed by atoms with Crippen molar-refractivity contribution in [2.45, 2.75) is 63.8 Å². The van der Waals surface area contributed by atoms with Gasteiger partial charge in [0.1, 0.15) is 17.1 Å². The Morgan fingerprint density at radius 3 is 2.52 bits per heavy atom. The molecule has 0 bridgehead atoms. The molecule has 33 heavy (non-hydrogen) atoms. The van der Waals surface area contributed by atoms with Crippen LogP contribution in [0.3, 0.4) is 0 Å². The van der Waals surface area contributed by atoms with Crippen LogP contribution < -0.4 is 5.73 Å². The summed E-state index contributed by atoms with van der Waals surface area (Å²) in [7, 11) is -2.73. The smallest absolute Gasteiger partial charge is 0.255 e. The molecule has 1 aromatic heterocycles. The molecule has 4 N–H and O–H groups in total. The lowest BCUT2D eigenvalue weighted by atomic mass is 9.59. The molecule has 1 aromatic rings. The van der Waals surface area contributed by atoms with E-state index in [0.717, 1.165) is 0 Å². The van der Waals surface area contributed by atoms with Gasteiger partial charge in [0, 0.05) is 29.7 Å². The largest absolute Gasteiger partial charge is 0.508 e. The fraction of sp³-hybridized carbons (Fsp3) is 0.500. The third-order valence-electron chi connectivity index (χ3n) is 7.74. The van der Waals surface area contributed by atoms with Crippen LogP contribution >= 0.6 is 0 Å². The van der Waals surface area contributed by atoms with Crippen LogP contribution in [0.25, 0.3) is 5.76 Å². The number of primary amides is 1. The lowest BCUT2D eigenvalue weighted by molar-refractivity contribution is -0.145. The number of carbonyl (C=O) groups is 3. The van der Waals surface area contributed by atoms with Crippen molar-refractivity contribution >= 4 is 31.6 Å². The highest BCUT2D eigenvalue weighted by atomic mass is 28.4. The maximum absolute atomic E-state index is 14.2. The minimum atomic E-state index is -2.73. The molecule has 1 fully saturated rings. The summed E-state index contributed by atoms with van der Waals surface area (Å²) in [5, 5.41) is 22.1. The van der Waals surface area contributed by atoms with Gasteiger partial charge in [-0.1, -0.05) is 20.8 Å². The van der Waals surface area contributed by atoms with Crippen LogP contribution in [0.4, 0.5) is 0 Å². The maximum Gasteiger partial charge on any atom is 0.255 e. The van der Waals surface area contributed by atoms with Gasteiger partial charge in [0.2, 0.25) is 5.78 Å². The van der Waals surface area contributed by atoms with Crippen molar-refractivity contribution < 1.29 is 29.0 Å². The molecule has 176 valence electrons. The summed E-state index contributed by atoms with van der Waals surface area (Å²) in [6.45, 7) is 9.83. The second kappa shape index (κ2) is 7.36. The average molecular weight is 471 g/mol. The molecule has 0 aliphatic heterocycles. The zero-order valence-corrected chi connectivity index (χ0v) is 20.6. The minimum absolute atomic E-state index is 0.148. The van der Waals surface area contributed by atoms with Gasteiger partial charge in [0.15, 0.2) is 19.7 Å². The first kappa shape index (κ1) is 23.4. The third kappa shape index (κ3) is 3.28. The van der Waals surface area contributed by atoms with Gasteiger partial charge in [-0.25, -0.2) is 0 Å². The monoisotopic (exact) mass is 470 g/mol. The fourth-order valence-corrected chi connectivity index (χ4v) is 6.51. The van der Waals surface area contributed by atoms with Crippen molar-refractivity contribution in [3.8, 4) is 0 Å². The summed E-state index contributed by atoms with van der Waals surface area (Å²) in [6, 6.07) is 3.37. The minimum Gasteiger partial charge on any atom is -0.508 e. The van der Waals surface area contributed by atoms with Crippen molar-refractivity contribution in [2.75, 3.05) is 0 Å². The molecule has 3 aliphatic rings. The Labute approximate surface area is 193 Å². The second-order valence-corrected chi connectivity index (χ2v) is 15.5. The van der Waals surface area contributed by atoms with Gasteiger partial charge in [0.25, 0.3) is 5.91 Å². The van der Waals surface area contributed by atoms with Gasteiger partial charge in [-0.3, -0.25) is 19.4 Å². The number of aliphatic hydroxyl groups excluding tert-OH is 2. The standard InChI is InChI=1S/C24H30N2O6Si/c1-23(2,3)33(4,5)32-24-13(11-16(27)18(21(24)30)22(25)31)9-12-10-15-14(7-6-8-26-15)19(28)17(12)20(24)29/h6-8,12-13,28,30H,9-11H2,1-5H3,(H2,25,31)/t12-,13+,24?/m1/s1. The molecule has 1 amide bonds. The molecule has 0 aromatic carbocycles. The van der Waals surface area contributed by atoms with E-state index in [4.69, 9.17) is 10.2 Å². The Hall–Kier alpha value is -2.78. The van der Waals surface area contributed by atoms with Crippen LogP contribution in [0.15, 0.2) is 35.2 Å². The molecular weight excluding hydrogens is 440 g/mol. The van der Waals surface area contributed by atoms with Crippen LogP contribution in [0.1, 0.15) is 44.9 Å². The molecule has 3 aliphatic carbocycles. The van der Waals surface area contributed by atoms with Gasteiger partial charge >= 0.3 is 0 Å². The van der Waals surface area contributed by atoms with Crippen LogP contribution in [0, 0.1) is 11.8 Å². The maximum atomic E-state index is 14.2. The van der Waals surface area contributed by atoms with Crippen LogP contribution in [0.2, 0.25) is 18.1 Å². The Balaban J connectivity index is 1.99. The Bertz CT molecular complexity index is 1150. The van der Waals surface area contributed by atoms with Gasteiger partial charge < -0.3 is 20.4 Å². The number of pyridine rings is 1. The van der Waals surface area contributed by atoms with E-state index in [9.17, 15) is 24.6 Å². The predicted octanol–water partition coefficient (Wildman–Crippen LogP) is 3.14. The van der Waals surface area contributed by atoms with E-state index in [-0.39, 0.29) is 28.7 Å². The Morgan fingerprint density at radius 1 is 1.24 bits per heavy atom. The summed E-state index contributed by atoms with van der Waals surface area (Å²) in [6.07, 6.45) is 2.22. The van der Waals surface area contributed by atoms with E-state index in [1.54, 1.807) is 18.3 Å². The normalized spacial score (nSPS) is 27.8. The Kier molecular flexibility index (Phi) is 5.21. The molecule has 3 atom stereocenters. The highest BCUT2D eigenvalue weighted by molar-refractivity contribution is 6.74. The van der Waals surface area contributed by atoms with Gasteiger partial charge in [-0.15, -0.1) is 0 Å². The van der Waals surface area contributed by atoms with Crippen molar-refractivity contribution in [2.24, 2.45) is 17.6 Å². The average Bonchev–Trinajstić information content (AvgIpc) is 2.69. The van der Waals surface area contributed by atoms with E-state index in [2.05, 4.69) is 4.98 Å². The van der Waals surface area contributed by atoms with E-state index in [0.29, 0.717) is 24.1 Å². The summed E-state index contributed by atoms with van der Waals surface area (Å²) >= 11 is 0. The third-order valence-corrected chi connectivity index (χ3v) is 12.2. The topological polar surface area (TPSA) is 140 Å². The molecule has 0 saturated heterocycles. The summed E-state index contributed by atoms with van der Waals surface area (Å²) in [5.74, 6) is -4.29. The first-order valence-corrected chi connectivity index (χ1v) is 14.0. The number of nitrogens with two attached hydrogens (primary N) is 1. The van der Waals surface area contributed by atoms with E-state index in [1.165, 1.54) is 0 Å². The highest BCUT2D eigenvalue weighted by Gasteiger charge is 2.64. The van der Waals surface area contributed by atoms with E-state index < -0.39 is 48.6 Å². The molecule has 8 nitrogen and oxygen atoms in total. The molecule has 1 heterocycles. The number of rotatable bonds is 3. The predicted molar refractivity (Wildman–Crippen MR) is 124 cm³/mol. The van der Waals surface area contributed by atoms with Crippen molar-refractivity contribution in [1.82, 2.24) is 4.98 Å². The number of fused-ring (bicyclic) bond motifs is 3. The van der Waals surface area contributed by atoms with Crippen molar-refractivity contribution in [3.63, 3.8) is 0 Å². The van der Waals surface area contributed by atoms with Crippen LogP contribution in [-0.2, 0) is 25.2 Å². The van der Waals surface area contributed by atoms with Gasteiger partial charge in [0.05, 0.1) is 5.69 Å². The van der Waals surface area contributed by atoms with Gasteiger partial charge in [-0.05, 0) is 49.0 Å². The quantitative estimate of drug-likeness (QED) is 0.455. The molecule has 0 spiro atoms. The van der Waals surface area contributed by atoms with Crippen LogP contribution in [-0.4, -0.2) is 46.6 Å². The number of Topliss-reactive ketones (excluding diaryl/α,β-unsaturated/α-hetero) is 2. The first-order chi connectivity index (χ1) is 15.2. The lowest BCUT2D eigenvalue weighted by Crippen LogP contribution is -2.64. The van der Waals surface area contributed by atoms with E-state index >= 15 is 0 Å². The Morgan fingerprint density at radius 2 is 1.91 bits per heavy atom. The van der Waals surface area contributed by atoms with Crippen molar-refractivity contribution in [3.05, 3.63) is 46.5 Å². The number of hydrogen-bond donors (Lipinski definition) is 3. The number of aromatic nitrogens is 1. The molecule has 0 radical (unpaired) electrons. The molecule has 1 saturated carbocycles. The number of amides is 1. The molecule has 1 unspecified atom stereocenters. The summed E-state index contributed by atoms with van der Waals surface area (Å²) in [5.41, 5.74) is 4.20. The number of carbonyl (C=O) groups excluding carboxylic acids is 3. The number of ketones is 2. The molecule has 9 heteroatoms. The summed E-state index contributed by atoms with van der Waals surface area (Å²) < 4.78 is 6.63. The fourth-order valence-electron chi connectivity index (χ4n) is 5.04. The molecular formula is C24H30N2O6Si. The number of aliphatic hydroxyl groups is 2. The summed E-state index contributed by atoms with van der Waals surface area (Å²) in [4.78, 5) is 43.5. The van der Waals surface area contributed by atoms with Crippen molar-refractivity contribution in [1.29, 1.82) is 0 Å². The SMILES string of the molecule is CC(C)(C)[Si](C)(C)OC12C(=O)C3=C(O)c4cccnc4C[C@H]3C[C@H]1CC(=O)C(C(N)=O)=C2O. The number of hydrogen-bond acceptors (Lipinski definition) is 7. The first-order valence-electron chi connectivity index (χ1n) is 11.1. The van der Waals surface area contributed by atoms with Crippen LogP contribution in [0.5, 0.6) is 0 Å².